The molecule has 1 heterocycles. The Kier molecular flexibility index (Phi) is 5.33. The normalized spacial score (nSPS) is 10.7. The van der Waals surface area contributed by atoms with Gasteiger partial charge in [-0.3, -0.25) is 9.48 Å². The fraction of sp³-hybridized carbons (Fsp3) is 0.412. The predicted octanol–water partition coefficient (Wildman–Crippen LogP) is 1.69. The molecule has 0 saturated carbocycles. The third-order valence-corrected chi connectivity index (χ3v) is 3.85. The molecule has 5 nitrogen and oxygen atoms in total. The molecular formula is C17H24N4O. The van der Waals surface area contributed by atoms with E-state index in [0.29, 0.717) is 13.1 Å². The molecule has 5 heteroatoms. The highest BCUT2D eigenvalue weighted by atomic mass is 16.1. The molecule has 1 aromatic carbocycles. The number of nitrogens with one attached hydrogen (secondary N) is 2. The van der Waals surface area contributed by atoms with Crippen LogP contribution in [0, 0.1) is 20.8 Å². The second kappa shape index (κ2) is 7.22. The number of hydrogen-bond donors (Lipinski definition) is 2. The van der Waals surface area contributed by atoms with E-state index in [9.17, 15) is 4.79 Å². The lowest BCUT2D eigenvalue weighted by molar-refractivity contribution is -0.119. The molecule has 2 rings (SSSR count). The first-order chi connectivity index (χ1) is 10.5. The molecule has 0 radical (unpaired) electrons. The van der Waals surface area contributed by atoms with E-state index in [1.54, 1.807) is 7.05 Å². The number of benzene rings is 1. The summed E-state index contributed by atoms with van der Waals surface area (Å²) in [6.45, 7) is 7.91. The van der Waals surface area contributed by atoms with Gasteiger partial charge in [0.15, 0.2) is 0 Å². The van der Waals surface area contributed by atoms with Crippen molar-refractivity contribution in [3.63, 3.8) is 0 Å². The van der Waals surface area contributed by atoms with Crippen LogP contribution < -0.4 is 10.6 Å². The average Bonchev–Trinajstić information content (AvgIpc) is 2.76. The van der Waals surface area contributed by atoms with Gasteiger partial charge < -0.3 is 10.6 Å². The van der Waals surface area contributed by atoms with Gasteiger partial charge >= 0.3 is 0 Å². The Morgan fingerprint density at radius 3 is 2.50 bits per heavy atom. The zero-order chi connectivity index (χ0) is 16.1. The van der Waals surface area contributed by atoms with Crippen LogP contribution in [0.2, 0.25) is 0 Å². The second-order valence-electron chi connectivity index (χ2n) is 5.57. The molecule has 2 N–H and O–H groups in total. The standard InChI is InChI=1S/C17H24N4O/c1-12-5-7-15(8-6-12)11-21-14(3)16(13(2)20-21)9-19-10-17(22)18-4/h5-8,19H,9-11H2,1-4H3,(H,18,22). The van der Waals surface area contributed by atoms with Gasteiger partial charge in [-0.05, 0) is 26.3 Å². The minimum atomic E-state index is -0.0117. The van der Waals surface area contributed by atoms with Crippen LogP contribution in [-0.4, -0.2) is 29.3 Å². The summed E-state index contributed by atoms with van der Waals surface area (Å²) < 4.78 is 2.02. The van der Waals surface area contributed by atoms with Crippen LogP contribution in [0.3, 0.4) is 0 Å². The van der Waals surface area contributed by atoms with Crippen LogP contribution >= 0.6 is 0 Å². The van der Waals surface area contributed by atoms with Crippen LogP contribution in [0.25, 0.3) is 0 Å². The summed E-state index contributed by atoms with van der Waals surface area (Å²) in [4.78, 5) is 11.3. The summed E-state index contributed by atoms with van der Waals surface area (Å²) in [7, 11) is 1.64. The number of aromatic nitrogens is 2. The SMILES string of the molecule is CNC(=O)CNCc1c(C)nn(Cc2ccc(C)cc2)c1C. The van der Waals surface area contributed by atoms with Gasteiger partial charge in [0.25, 0.3) is 0 Å². The van der Waals surface area contributed by atoms with E-state index < -0.39 is 0 Å². The fourth-order valence-electron chi connectivity index (χ4n) is 2.40. The van der Waals surface area contributed by atoms with Crippen LogP contribution in [0.5, 0.6) is 0 Å². The van der Waals surface area contributed by atoms with Gasteiger partial charge in [0, 0.05) is 24.8 Å². The Bertz CT molecular complexity index is 643. The third kappa shape index (κ3) is 3.95. The highest BCUT2D eigenvalue weighted by molar-refractivity contribution is 5.77. The van der Waals surface area contributed by atoms with E-state index in [2.05, 4.69) is 53.8 Å². The Labute approximate surface area is 131 Å². The van der Waals surface area contributed by atoms with Crippen molar-refractivity contribution < 1.29 is 4.79 Å². The Hall–Kier alpha value is -2.14. The van der Waals surface area contributed by atoms with Crippen molar-refractivity contribution in [3.8, 4) is 0 Å². The summed E-state index contributed by atoms with van der Waals surface area (Å²) in [6.07, 6.45) is 0. The summed E-state index contributed by atoms with van der Waals surface area (Å²) in [6, 6.07) is 8.50. The molecule has 0 bridgehead atoms. The predicted molar refractivity (Wildman–Crippen MR) is 87.8 cm³/mol. The number of nitrogens with zero attached hydrogens (tertiary/aromatic N) is 2. The van der Waals surface area contributed by atoms with Gasteiger partial charge in [0.1, 0.15) is 0 Å². The molecule has 0 spiro atoms. The van der Waals surface area contributed by atoms with Crippen LogP contribution in [-0.2, 0) is 17.9 Å². The van der Waals surface area contributed by atoms with E-state index in [1.807, 2.05) is 11.6 Å². The topological polar surface area (TPSA) is 59.0 Å². The van der Waals surface area contributed by atoms with Gasteiger partial charge in [0.05, 0.1) is 18.8 Å². The molecule has 0 aliphatic carbocycles. The summed E-state index contributed by atoms with van der Waals surface area (Å²) in [5.41, 5.74) is 5.81. The molecular weight excluding hydrogens is 276 g/mol. The van der Waals surface area contributed by atoms with E-state index in [0.717, 1.165) is 23.5 Å². The molecule has 0 saturated heterocycles. The van der Waals surface area contributed by atoms with Crippen molar-refractivity contribution in [2.45, 2.75) is 33.9 Å². The van der Waals surface area contributed by atoms with E-state index in [1.165, 1.54) is 11.1 Å². The quantitative estimate of drug-likeness (QED) is 0.853. The van der Waals surface area contributed by atoms with Crippen molar-refractivity contribution in [1.29, 1.82) is 0 Å². The van der Waals surface area contributed by atoms with E-state index in [-0.39, 0.29) is 5.91 Å². The molecule has 2 aromatic rings. The maximum absolute atomic E-state index is 11.3. The Balaban J connectivity index is 2.06. The van der Waals surface area contributed by atoms with Crippen LogP contribution in [0.1, 0.15) is 28.1 Å². The third-order valence-electron chi connectivity index (χ3n) is 3.85. The average molecular weight is 300 g/mol. The maximum Gasteiger partial charge on any atom is 0.233 e. The zero-order valence-corrected chi connectivity index (χ0v) is 13.7. The molecule has 0 fully saturated rings. The lowest BCUT2D eigenvalue weighted by Gasteiger charge is -2.07. The number of aryl methyl sites for hydroxylation is 2. The first kappa shape index (κ1) is 16.2. The number of likely N-dealkylation sites (N-methyl/N-ethyl adjacent to an activating group) is 1. The minimum absolute atomic E-state index is 0.0117. The maximum atomic E-state index is 11.3. The lowest BCUT2D eigenvalue weighted by Crippen LogP contribution is -2.31. The fourth-order valence-corrected chi connectivity index (χ4v) is 2.40. The molecule has 1 aromatic heterocycles. The Morgan fingerprint density at radius 1 is 1.18 bits per heavy atom. The monoisotopic (exact) mass is 300 g/mol. The van der Waals surface area contributed by atoms with E-state index >= 15 is 0 Å². The highest BCUT2D eigenvalue weighted by Crippen LogP contribution is 2.15. The van der Waals surface area contributed by atoms with E-state index in [4.69, 9.17) is 0 Å². The van der Waals surface area contributed by atoms with Gasteiger partial charge in [-0.15, -0.1) is 0 Å². The molecule has 0 unspecified atom stereocenters. The molecule has 0 atom stereocenters. The number of carbonyl (C=O) groups is 1. The van der Waals surface area contributed by atoms with Crippen molar-refractivity contribution in [3.05, 3.63) is 52.3 Å². The van der Waals surface area contributed by atoms with Crippen molar-refractivity contribution in [2.24, 2.45) is 0 Å². The smallest absolute Gasteiger partial charge is 0.233 e. The van der Waals surface area contributed by atoms with Crippen molar-refractivity contribution in [1.82, 2.24) is 20.4 Å². The largest absolute Gasteiger partial charge is 0.358 e. The summed E-state index contributed by atoms with van der Waals surface area (Å²) >= 11 is 0. The first-order valence-electron chi connectivity index (χ1n) is 7.51. The molecule has 1 amide bonds. The van der Waals surface area contributed by atoms with Crippen LogP contribution in [0.4, 0.5) is 0 Å². The highest BCUT2D eigenvalue weighted by Gasteiger charge is 2.11. The molecule has 0 aliphatic rings. The number of rotatable bonds is 6. The van der Waals surface area contributed by atoms with Crippen LogP contribution in [0.15, 0.2) is 24.3 Å². The second-order valence-corrected chi connectivity index (χ2v) is 5.57. The number of carbonyl (C=O) groups excluding carboxylic acids is 1. The molecule has 0 aliphatic heterocycles. The van der Waals surface area contributed by atoms with Gasteiger partial charge in [-0.1, -0.05) is 29.8 Å². The number of hydrogen-bond acceptors (Lipinski definition) is 3. The minimum Gasteiger partial charge on any atom is -0.358 e. The molecule has 118 valence electrons. The molecule has 22 heavy (non-hydrogen) atoms. The Morgan fingerprint density at radius 2 is 1.86 bits per heavy atom. The van der Waals surface area contributed by atoms with Gasteiger partial charge in [0.2, 0.25) is 5.91 Å². The van der Waals surface area contributed by atoms with Gasteiger partial charge in [-0.2, -0.15) is 5.10 Å². The van der Waals surface area contributed by atoms with Crippen molar-refractivity contribution in [2.75, 3.05) is 13.6 Å². The zero-order valence-electron chi connectivity index (χ0n) is 13.7. The van der Waals surface area contributed by atoms with Gasteiger partial charge in [-0.25, -0.2) is 0 Å². The lowest BCUT2D eigenvalue weighted by atomic mass is 10.1. The first-order valence-corrected chi connectivity index (χ1v) is 7.51. The van der Waals surface area contributed by atoms with Crippen molar-refractivity contribution >= 4 is 5.91 Å². The summed E-state index contributed by atoms with van der Waals surface area (Å²) in [5, 5.41) is 10.4. The summed E-state index contributed by atoms with van der Waals surface area (Å²) in [5.74, 6) is -0.0117. The number of amides is 1.